The van der Waals surface area contributed by atoms with Gasteiger partial charge in [-0.05, 0) is 19.8 Å². The fourth-order valence-corrected chi connectivity index (χ4v) is 1.01. The van der Waals surface area contributed by atoms with Gasteiger partial charge in [-0.2, -0.15) is 0 Å². The van der Waals surface area contributed by atoms with E-state index in [1.807, 2.05) is 6.92 Å². The van der Waals surface area contributed by atoms with Crippen LogP contribution in [0.4, 0.5) is 0 Å². The highest BCUT2D eigenvalue weighted by Crippen LogP contribution is 1.98. The third-order valence-corrected chi connectivity index (χ3v) is 1.88. The van der Waals surface area contributed by atoms with E-state index in [2.05, 4.69) is 5.32 Å². The third kappa shape index (κ3) is 4.07. The average molecular weight is 199 g/mol. The molecule has 0 heterocycles. The molecule has 0 saturated carbocycles. The summed E-state index contributed by atoms with van der Waals surface area (Å²) in [6.45, 7) is 5.32. The standard InChI is InChI=1S/C10H17NO3/c1-4-6-7(3)9(12)11-8(5-2)10(13)14/h6,8H,4-5H2,1-3H3,(H,11,12)(H,13,14)/b7-6+. The lowest BCUT2D eigenvalue weighted by Gasteiger charge is -2.12. The molecule has 1 atom stereocenters. The van der Waals surface area contributed by atoms with Crippen LogP contribution >= 0.6 is 0 Å². The first-order valence-electron chi connectivity index (χ1n) is 4.73. The Hall–Kier alpha value is -1.32. The highest BCUT2D eigenvalue weighted by molar-refractivity contribution is 5.95. The molecule has 0 spiro atoms. The van der Waals surface area contributed by atoms with Crippen LogP contribution in [0, 0.1) is 0 Å². The number of allylic oxidation sites excluding steroid dienone is 1. The fourth-order valence-electron chi connectivity index (χ4n) is 1.01. The summed E-state index contributed by atoms with van der Waals surface area (Å²) in [5, 5.41) is 11.1. The molecule has 14 heavy (non-hydrogen) atoms. The molecule has 0 bridgehead atoms. The van der Waals surface area contributed by atoms with Crippen molar-refractivity contribution in [1.29, 1.82) is 0 Å². The number of rotatable bonds is 5. The van der Waals surface area contributed by atoms with Gasteiger partial charge in [0, 0.05) is 5.57 Å². The Balaban J connectivity index is 4.30. The summed E-state index contributed by atoms with van der Waals surface area (Å²) >= 11 is 0. The second-order valence-electron chi connectivity index (χ2n) is 3.07. The number of nitrogens with one attached hydrogen (secondary N) is 1. The van der Waals surface area contributed by atoms with Crippen LogP contribution in [0.3, 0.4) is 0 Å². The maximum absolute atomic E-state index is 11.4. The Morgan fingerprint density at radius 1 is 1.43 bits per heavy atom. The first-order chi connectivity index (χ1) is 6.52. The highest BCUT2D eigenvalue weighted by atomic mass is 16.4. The van der Waals surface area contributed by atoms with Crippen molar-refractivity contribution in [3.8, 4) is 0 Å². The predicted octanol–water partition coefficient (Wildman–Crippen LogP) is 1.32. The van der Waals surface area contributed by atoms with Gasteiger partial charge in [-0.25, -0.2) is 4.79 Å². The molecule has 0 aliphatic carbocycles. The SMILES string of the molecule is CC/C=C(\C)C(=O)NC(CC)C(=O)O. The molecule has 0 aliphatic rings. The smallest absolute Gasteiger partial charge is 0.326 e. The molecule has 2 N–H and O–H groups in total. The zero-order chi connectivity index (χ0) is 11.1. The Bertz CT molecular complexity index is 246. The van der Waals surface area contributed by atoms with E-state index < -0.39 is 12.0 Å². The molecule has 0 rings (SSSR count). The van der Waals surface area contributed by atoms with Crippen LogP contribution in [0.25, 0.3) is 0 Å². The third-order valence-electron chi connectivity index (χ3n) is 1.88. The van der Waals surface area contributed by atoms with Crippen molar-refractivity contribution < 1.29 is 14.7 Å². The zero-order valence-corrected chi connectivity index (χ0v) is 8.83. The van der Waals surface area contributed by atoms with Crippen LogP contribution < -0.4 is 5.32 Å². The summed E-state index contributed by atoms with van der Waals surface area (Å²) < 4.78 is 0. The van der Waals surface area contributed by atoms with Crippen molar-refractivity contribution in [3.05, 3.63) is 11.6 Å². The second-order valence-corrected chi connectivity index (χ2v) is 3.07. The molecule has 4 heteroatoms. The van der Waals surface area contributed by atoms with E-state index >= 15 is 0 Å². The van der Waals surface area contributed by atoms with Gasteiger partial charge in [0.25, 0.3) is 0 Å². The minimum Gasteiger partial charge on any atom is -0.480 e. The van der Waals surface area contributed by atoms with Gasteiger partial charge in [0.2, 0.25) is 5.91 Å². The van der Waals surface area contributed by atoms with E-state index in [0.717, 1.165) is 6.42 Å². The minimum absolute atomic E-state index is 0.305. The van der Waals surface area contributed by atoms with Gasteiger partial charge < -0.3 is 10.4 Å². The molecule has 0 fully saturated rings. The first-order valence-corrected chi connectivity index (χ1v) is 4.73. The second kappa shape index (κ2) is 6.18. The van der Waals surface area contributed by atoms with Crippen LogP contribution in [0.15, 0.2) is 11.6 Å². The average Bonchev–Trinajstić information content (AvgIpc) is 2.13. The Morgan fingerprint density at radius 2 is 2.00 bits per heavy atom. The van der Waals surface area contributed by atoms with Crippen molar-refractivity contribution in [1.82, 2.24) is 5.32 Å². The number of carbonyl (C=O) groups excluding carboxylic acids is 1. The molecule has 0 saturated heterocycles. The fraction of sp³-hybridized carbons (Fsp3) is 0.600. The summed E-state index contributed by atoms with van der Waals surface area (Å²) in [6, 6.07) is -0.789. The lowest BCUT2D eigenvalue weighted by molar-refractivity contribution is -0.141. The van der Waals surface area contributed by atoms with Crippen LogP contribution in [-0.2, 0) is 9.59 Å². The molecule has 0 aromatic heterocycles. The van der Waals surface area contributed by atoms with Gasteiger partial charge in [-0.1, -0.05) is 19.9 Å². The van der Waals surface area contributed by atoms with Crippen molar-refractivity contribution in [2.24, 2.45) is 0 Å². The molecule has 1 amide bonds. The molecule has 1 unspecified atom stereocenters. The molecule has 4 nitrogen and oxygen atoms in total. The van der Waals surface area contributed by atoms with E-state index in [-0.39, 0.29) is 5.91 Å². The molecule has 0 radical (unpaired) electrons. The molecule has 0 aliphatic heterocycles. The monoisotopic (exact) mass is 199 g/mol. The molecule has 80 valence electrons. The quantitative estimate of drug-likeness (QED) is 0.656. The molecule has 0 aromatic rings. The van der Waals surface area contributed by atoms with Crippen molar-refractivity contribution in [2.75, 3.05) is 0 Å². The number of hydrogen-bond acceptors (Lipinski definition) is 2. The maximum Gasteiger partial charge on any atom is 0.326 e. The number of carbonyl (C=O) groups is 2. The van der Waals surface area contributed by atoms with Gasteiger partial charge in [-0.3, -0.25) is 4.79 Å². The van der Waals surface area contributed by atoms with Gasteiger partial charge >= 0.3 is 5.97 Å². The first kappa shape index (κ1) is 12.7. The van der Waals surface area contributed by atoms with Crippen molar-refractivity contribution >= 4 is 11.9 Å². The van der Waals surface area contributed by atoms with Gasteiger partial charge in [0.05, 0.1) is 0 Å². The topological polar surface area (TPSA) is 66.4 Å². The summed E-state index contributed by atoms with van der Waals surface area (Å²) in [5.41, 5.74) is 0.562. The van der Waals surface area contributed by atoms with Crippen LogP contribution in [0.2, 0.25) is 0 Å². The van der Waals surface area contributed by atoms with Gasteiger partial charge in [-0.15, -0.1) is 0 Å². The number of aliphatic carboxylic acids is 1. The lowest BCUT2D eigenvalue weighted by Crippen LogP contribution is -2.40. The maximum atomic E-state index is 11.4. The number of hydrogen-bond donors (Lipinski definition) is 2. The van der Waals surface area contributed by atoms with E-state index in [1.165, 1.54) is 0 Å². The predicted molar refractivity (Wildman–Crippen MR) is 53.9 cm³/mol. The van der Waals surface area contributed by atoms with Gasteiger partial charge in [0.1, 0.15) is 6.04 Å². The van der Waals surface area contributed by atoms with Crippen LogP contribution in [-0.4, -0.2) is 23.0 Å². The Morgan fingerprint density at radius 3 is 2.36 bits per heavy atom. The minimum atomic E-state index is -0.995. The van der Waals surface area contributed by atoms with E-state index in [0.29, 0.717) is 12.0 Å². The molecule has 0 aromatic carbocycles. The summed E-state index contributed by atoms with van der Waals surface area (Å²) in [7, 11) is 0. The molecular formula is C10H17NO3. The largest absolute Gasteiger partial charge is 0.480 e. The summed E-state index contributed by atoms with van der Waals surface area (Å²) in [4.78, 5) is 22.0. The number of carboxylic acids is 1. The van der Waals surface area contributed by atoms with E-state index in [1.54, 1.807) is 19.9 Å². The normalized spacial score (nSPS) is 13.5. The van der Waals surface area contributed by atoms with E-state index in [4.69, 9.17) is 5.11 Å². The Kier molecular flexibility index (Phi) is 5.60. The summed E-state index contributed by atoms with van der Waals surface area (Å²) in [6.07, 6.45) is 2.92. The molecular weight excluding hydrogens is 182 g/mol. The summed E-state index contributed by atoms with van der Waals surface area (Å²) in [5.74, 6) is -1.30. The van der Waals surface area contributed by atoms with Crippen molar-refractivity contribution in [3.63, 3.8) is 0 Å². The van der Waals surface area contributed by atoms with E-state index in [9.17, 15) is 9.59 Å². The Labute approximate surface area is 84.0 Å². The number of amides is 1. The number of carboxylic acid groups (broad SMARTS) is 1. The van der Waals surface area contributed by atoms with Gasteiger partial charge in [0.15, 0.2) is 0 Å². The zero-order valence-electron chi connectivity index (χ0n) is 8.83. The van der Waals surface area contributed by atoms with Crippen LogP contribution in [0.5, 0.6) is 0 Å². The van der Waals surface area contributed by atoms with Crippen molar-refractivity contribution in [2.45, 2.75) is 39.7 Å². The lowest BCUT2D eigenvalue weighted by atomic mass is 10.2. The highest BCUT2D eigenvalue weighted by Gasteiger charge is 2.17. The van der Waals surface area contributed by atoms with Crippen LogP contribution in [0.1, 0.15) is 33.6 Å².